The number of nitrogens with zero attached hydrogens (tertiary/aromatic N) is 2. The lowest BCUT2D eigenvalue weighted by Gasteiger charge is -2.16. The first-order valence-electron chi connectivity index (χ1n) is 8.60. The van der Waals surface area contributed by atoms with Crippen LogP contribution in [0.25, 0.3) is 0 Å². The highest BCUT2D eigenvalue weighted by Crippen LogP contribution is 2.42. The first kappa shape index (κ1) is 17.5. The number of nitrogens with one attached hydrogen (secondary N) is 1. The number of amides is 1. The first-order valence-corrected chi connectivity index (χ1v) is 8.60. The monoisotopic (exact) mass is 321 g/mol. The van der Waals surface area contributed by atoms with E-state index in [0.29, 0.717) is 17.9 Å². The summed E-state index contributed by atoms with van der Waals surface area (Å²) in [5, 5.41) is 16.3. The molecule has 128 valence electrons. The number of carboxylic acid groups (broad SMARTS) is 1. The van der Waals surface area contributed by atoms with Gasteiger partial charge in [0.15, 0.2) is 0 Å². The normalized spacial score (nSPS) is 16.8. The summed E-state index contributed by atoms with van der Waals surface area (Å²) in [6.07, 6.45) is 6.80. The van der Waals surface area contributed by atoms with Gasteiger partial charge < -0.3 is 10.4 Å². The van der Waals surface area contributed by atoms with E-state index in [9.17, 15) is 14.7 Å². The second-order valence-corrected chi connectivity index (χ2v) is 6.43. The Bertz CT molecular complexity index is 563. The largest absolute Gasteiger partial charge is 0.480 e. The summed E-state index contributed by atoms with van der Waals surface area (Å²) in [5.41, 5.74) is 1.51. The van der Waals surface area contributed by atoms with Crippen molar-refractivity contribution in [2.75, 3.05) is 0 Å². The third-order valence-corrected chi connectivity index (χ3v) is 4.50. The van der Waals surface area contributed by atoms with E-state index in [2.05, 4.69) is 24.3 Å². The molecule has 0 spiro atoms. The minimum atomic E-state index is -0.978. The highest BCUT2D eigenvalue weighted by molar-refractivity contribution is 5.97. The number of carbonyl (C=O) groups excluding carboxylic acids is 1. The Balaban J connectivity index is 2.18. The van der Waals surface area contributed by atoms with E-state index in [4.69, 9.17) is 0 Å². The van der Waals surface area contributed by atoms with Gasteiger partial charge in [-0.15, -0.1) is 0 Å². The van der Waals surface area contributed by atoms with Gasteiger partial charge >= 0.3 is 5.97 Å². The van der Waals surface area contributed by atoms with Crippen molar-refractivity contribution in [3.8, 4) is 0 Å². The molecular formula is C17H27N3O3. The van der Waals surface area contributed by atoms with Crippen LogP contribution in [-0.4, -0.2) is 32.8 Å². The Kier molecular flexibility index (Phi) is 5.80. The average Bonchev–Trinajstić information content (AvgIpc) is 3.28. The molecule has 0 bridgehead atoms. The van der Waals surface area contributed by atoms with E-state index >= 15 is 0 Å². The van der Waals surface area contributed by atoms with Gasteiger partial charge in [0, 0.05) is 12.0 Å². The maximum absolute atomic E-state index is 12.6. The maximum atomic E-state index is 12.6. The Morgan fingerprint density at radius 1 is 1.43 bits per heavy atom. The smallest absolute Gasteiger partial charge is 0.326 e. The number of carboxylic acids is 1. The van der Waals surface area contributed by atoms with Crippen LogP contribution in [0.2, 0.25) is 0 Å². The summed E-state index contributed by atoms with van der Waals surface area (Å²) in [4.78, 5) is 23.9. The van der Waals surface area contributed by atoms with Crippen LogP contribution in [0.3, 0.4) is 0 Å². The van der Waals surface area contributed by atoms with Gasteiger partial charge in [-0.05, 0) is 32.6 Å². The van der Waals surface area contributed by atoms with Gasteiger partial charge in [0.2, 0.25) is 0 Å². The SMILES string of the molecule is CCCC[C@H](NC(=O)c1cnn(C(C)CC)c1C1CC1)C(=O)O. The van der Waals surface area contributed by atoms with Crippen molar-refractivity contribution in [3.05, 3.63) is 17.5 Å². The molecule has 0 aromatic carbocycles. The quantitative estimate of drug-likeness (QED) is 0.732. The molecule has 2 rings (SSSR count). The topological polar surface area (TPSA) is 84.2 Å². The third-order valence-electron chi connectivity index (χ3n) is 4.50. The predicted molar refractivity (Wildman–Crippen MR) is 87.6 cm³/mol. The van der Waals surface area contributed by atoms with Crippen molar-refractivity contribution in [1.29, 1.82) is 0 Å². The van der Waals surface area contributed by atoms with Gasteiger partial charge in [0.1, 0.15) is 6.04 Å². The van der Waals surface area contributed by atoms with Crippen LogP contribution in [0.1, 0.15) is 87.3 Å². The lowest BCUT2D eigenvalue weighted by molar-refractivity contribution is -0.139. The second-order valence-electron chi connectivity index (χ2n) is 6.43. The van der Waals surface area contributed by atoms with E-state index in [0.717, 1.165) is 37.8 Å². The zero-order valence-corrected chi connectivity index (χ0v) is 14.2. The maximum Gasteiger partial charge on any atom is 0.326 e. The number of aliphatic carboxylic acids is 1. The van der Waals surface area contributed by atoms with Crippen LogP contribution in [-0.2, 0) is 4.79 Å². The van der Waals surface area contributed by atoms with Gasteiger partial charge in [-0.2, -0.15) is 5.10 Å². The molecule has 0 saturated heterocycles. The molecule has 1 aromatic heterocycles. The molecule has 1 aromatic rings. The fourth-order valence-electron chi connectivity index (χ4n) is 2.74. The van der Waals surface area contributed by atoms with Gasteiger partial charge in [-0.1, -0.05) is 26.7 Å². The highest BCUT2D eigenvalue weighted by atomic mass is 16.4. The number of aromatic nitrogens is 2. The lowest BCUT2D eigenvalue weighted by atomic mass is 10.1. The molecule has 23 heavy (non-hydrogen) atoms. The minimum absolute atomic E-state index is 0.238. The van der Waals surface area contributed by atoms with Crippen LogP contribution >= 0.6 is 0 Å². The Hall–Kier alpha value is -1.85. The highest BCUT2D eigenvalue weighted by Gasteiger charge is 2.34. The van der Waals surface area contributed by atoms with E-state index in [1.54, 1.807) is 6.20 Å². The molecule has 0 aliphatic heterocycles. The van der Waals surface area contributed by atoms with E-state index in [1.807, 2.05) is 11.6 Å². The van der Waals surface area contributed by atoms with Crippen molar-refractivity contribution in [2.45, 2.75) is 77.3 Å². The average molecular weight is 321 g/mol. The second kappa shape index (κ2) is 7.62. The molecule has 6 nitrogen and oxygen atoms in total. The molecule has 1 aliphatic rings. The lowest BCUT2D eigenvalue weighted by Crippen LogP contribution is -2.41. The van der Waals surface area contributed by atoms with E-state index in [1.165, 1.54) is 0 Å². The summed E-state index contributed by atoms with van der Waals surface area (Å²) in [6, 6.07) is -0.594. The van der Waals surface area contributed by atoms with Gasteiger partial charge in [0.25, 0.3) is 5.91 Å². The summed E-state index contributed by atoms with van der Waals surface area (Å²) < 4.78 is 1.94. The number of rotatable bonds is 9. The van der Waals surface area contributed by atoms with Gasteiger partial charge in [0.05, 0.1) is 17.5 Å². The zero-order chi connectivity index (χ0) is 17.0. The third kappa shape index (κ3) is 4.12. The van der Waals surface area contributed by atoms with Crippen LogP contribution in [0.15, 0.2) is 6.20 Å². The number of carbonyl (C=O) groups is 2. The summed E-state index contributed by atoms with van der Waals surface area (Å²) in [7, 11) is 0. The standard InChI is InChI=1S/C17H27N3O3/c1-4-6-7-14(17(22)23)19-16(21)13-10-18-20(11(3)5-2)15(13)12-8-9-12/h10-12,14H,4-9H2,1-3H3,(H,19,21)(H,22,23)/t11?,14-/m0/s1. The molecule has 6 heteroatoms. The van der Waals surface area contributed by atoms with Crippen LogP contribution in [0.4, 0.5) is 0 Å². The molecule has 1 unspecified atom stereocenters. The molecule has 1 amide bonds. The summed E-state index contributed by atoms with van der Waals surface area (Å²) in [5.74, 6) is -0.912. The molecule has 1 heterocycles. The predicted octanol–water partition coefficient (Wildman–Crippen LogP) is 3.10. The molecule has 1 aliphatic carbocycles. The van der Waals surface area contributed by atoms with Crippen molar-refractivity contribution >= 4 is 11.9 Å². The van der Waals surface area contributed by atoms with Crippen molar-refractivity contribution in [2.24, 2.45) is 0 Å². The molecule has 1 fully saturated rings. The molecule has 1 saturated carbocycles. The van der Waals surface area contributed by atoms with Gasteiger partial charge in [-0.25, -0.2) is 4.79 Å². The number of hydrogen-bond acceptors (Lipinski definition) is 3. The number of hydrogen-bond donors (Lipinski definition) is 2. The Labute approximate surface area is 137 Å². The van der Waals surface area contributed by atoms with Crippen LogP contribution in [0.5, 0.6) is 0 Å². The Morgan fingerprint density at radius 3 is 2.65 bits per heavy atom. The zero-order valence-electron chi connectivity index (χ0n) is 14.2. The molecule has 0 radical (unpaired) electrons. The molecular weight excluding hydrogens is 294 g/mol. The number of unbranched alkanes of at least 4 members (excludes halogenated alkanes) is 1. The van der Waals surface area contributed by atoms with Crippen LogP contribution < -0.4 is 5.32 Å². The molecule has 2 atom stereocenters. The van der Waals surface area contributed by atoms with Crippen LogP contribution in [0, 0.1) is 0 Å². The fraction of sp³-hybridized carbons (Fsp3) is 0.706. The van der Waals surface area contributed by atoms with Gasteiger partial charge in [-0.3, -0.25) is 9.48 Å². The van der Waals surface area contributed by atoms with Crippen molar-refractivity contribution in [3.63, 3.8) is 0 Å². The van der Waals surface area contributed by atoms with E-state index < -0.39 is 12.0 Å². The van der Waals surface area contributed by atoms with Crippen molar-refractivity contribution in [1.82, 2.24) is 15.1 Å². The first-order chi connectivity index (χ1) is 11.0. The Morgan fingerprint density at radius 2 is 2.13 bits per heavy atom. The van der Waals surface area contributed by atoms with Crippen molar-refractivity contribution < 1.29 is 14.7 Å². The molecule has 2 N–H and O–H groups in total. The summed E-state index contributed by atoms with van der Waals surface area (Å²) >= 11 is 0. The fourth-order valence-corrected chi connectivity index (χ4v) is 2.74. The minimum Gasteiger partial charge on any atom is -0.480 e. The van der Waals surface area contributed by atoms with E-state index in [-0.39, 0.29) is 11.9 Å². The summed E-state index contributed by atoms with van der Waals surface area (Å²) in [6.45, 7) is 6.18.